The summed E-state index contributed by atoms with van der Waals surface area (Å²) in [6.45, 7) is 6.85. The fraction of sp³-hybridized carbons (Fsp3) is 0.176. The van der Waals surface area contributed by atoms with Gasteiger partial charge < -0.3 is 9.97 Å². The second-order valence-electron chi connectivity index (χ2n) is 10.3. The molecule has 2 unspecified atom stereocenters. The molecule has 174 valence electrons. The van der Waals surface area contributed by atoms with Crippen LogP contribution in [0.15, 0.2) is 90.1 Å². The molecule has 2 atom stereocenters. The van der Waals surface area contributed by atoms with E-state index in [0.29, 0.717) is 5.92 Å². The molecule has 7 rings (SSSR count). The predicted octanol–water partition coefficient (Wildman–Crippen LogP) is 8.93. The fourth-order valence-electron chi connectivity index (χ4n) is 6.40. The molecule has 0 fully saturated rings. The minimum atomic E-state index is 0.00549. The van der Waals surface area contributed by atoms with Crippen molar-refractivity contribution in [3.63, 3.8) is 0 Å². The second-order valence-corrected chi connectivity index (χ2v) is 10.3. The Morgan fingerprint density at radius 2 is 1.56 bits per heavy atom. The molecule has 36 heavy (non-hydrogen) atoms. The van der Waals surface area contributed by atoms with Crippen LogP contribution in [0.4, 0.5) is 0 Å². The van der Waals surface area contributed by atoms with Gasteiger partial charge in [-0.1, -0.05) is 85.0 Å². The van der Waals surface area contributed by atoms with Gasteiger partial charge in [0.05, 0.1) is 17.0 Å². The lowest BCUT2D eigenvalue weighted by Gasteiger charge is -2.27. The molecule has 5 aromatic rings. The smallest absolute Gasteiger partial charge is 0.0679 e. The lowest BCUT2D eigenvalue weighted by Crippen LogP contribution is -2.10. The quantitative estimate of drug-likeness (QED) is 0.244. The second kappa shape index (κ2) is 7.90. The zero-order valence-electron chi connectivity index (χ0n) is 20.9. The Morgan fingerprint density at radius 1 is 0.861 bits per heavy atom. The van der Waals surface area contributed by atoms with E-state index < -0.39 is 0 Å². The van der Waals surface area contributed by atoms with Crippen molar-refractivity contribution in [1.82, 2.24) is 9.97 Å². The number of fused-ring (bicyclic) bond motifs is 7. The number of hydrogen-bond donors (Lipinski definition) is 2. The van der Waals surface area contributed by atoms with Crippen LogP contribution in [0, 0.1) is 17.8 Å². The number of H-pyrrole nitrogens is 2. The molecule has 0 amide bonds. The first-order valence-electron chi connectivity index (χ1n) is 12.8. The third kappa shape index (κ3) is 2.93. The minimum Gasteiger partial charge on any atom is -0.354 e. The Morgan fingerprint density at radius 3 is 2.31 bits per heavy atom. The van der Waals surface area contributed by atoms with Gasteiger partial charge in [-0.05, 0) is 61.1 Å². The van der Waals surface area contributed by atoms with Crippen molar-refractivity contribution in [3.8, 4) is 11.8 Å². The van der Waals surface area contributed by atoms with Crippen molar-refractivity contribution < 1.29 is 0 Å². The van der Waals surface area contributed by atoms with Crippen LogP contribution in [0.25, 0.3) is 49.2 Å². The van der Waals surface area contributed by atoms with E-state index in [2.05, 4.69) is 115 Å². The summed E-state index contributed by atoms with van der Waals surface area (Å²) in [5, 5.41) is 5.10. The van der Waals surface area contributed by atoms with Gasteiger partial charge in [-0.2, -0.15) is 0 Å². The molecular formula is C34H28N2. The molecule has 2 heteroatoms. The molecule has 2 heterocycles. The molecule has 0 spiro atoms. The van der Waals surface area contributed by atoms with Crippen molar-refractivity contribution in [2.45, 2.75) is 33.1 Å². The summed E-state index contributed by atoms with van der Waals surface area (Å²) in [5.74, 6) is 7.38. The van der Waals surface area contributed by atoms with Crippen LogP contribution < -0.4 is 0 Å². The topological polar surface area (TPSA) is 31.6 Å². The maximum absolute atomic E-state index is 3.87. The molecule has 2 aromatic heterocycles. The fourth-order valence-corrected chi connectivity index (χ4v) is 6.40. The molecule has 2 nitrogen and oxygen atoms in total. The van der Waals surface area contributed by atoms with Crippen molar-refractivity contribution in [2.75, 3.05) is 0 Å². The van der Waals surface area contributed by atoms with Gasteiger partial charge in [0.25, 0.3) is 0 Å². The van der Waals surface area contributed by atoms with Gasteiger partial charge in [0, 0.05) is 38.1 Å². The zero-order valence-corrected chi connectivity index (χ0v) is 20.9. The van der Waals surface area contributed by atoms with Crippen molar-refractivity contribution in [3.05, 3.63) is 101 Å². The van der Waals surface area contributed by atoms with E-state index in [-0.39, 0.29) is 5.92 Å². The van der Waals surface area contributed by atoms with Crippen LogP contribution in [0.2, 0.25) is 0 Å². The van der Waals surface area contributed by atoms with E-state index in [1.807, 2.05) is 6.08 Å². The third-order valence-electron chi connectivity index (χ3n) is 8.01. The first kappa shape index (κ1) is 21.1. The normalized spacial score (nSPS) is 19.8. The summed E-state index contributed by atoms with van der Waals surface area (Å²) in [4.78, 5) is 7.70. The lowest BCUT2D eigenvalue weighted by molar-refractivity contribution is 0.751. The van der Waals surface area contributed by atoms with Gasteiger partial charge >= 0.3 is 0 Å². The largest absolute Gasteiger partial charge is 0.354 e. The summed E-state index contributed by atoms with van der Waals surface area (Å²) < 4.78 is 0. The van der Waals surface area contributed by atoms with Crippen molar-refractivity contribution >= 4 is 49.2 Å². The van der Waals surface area contributed by atoms with Gasteiger partial charge in [0.1, 0.15) is 0 Å². The predicted molar refractivity (Wildman–Crippen MR) is 154 cm³/mol. The van der Waals surface area contributed by atoms with E-state index >= 15 is 0 Å². The standard InChI is InChI=1S/C34H28N2/c1-20-12-5-4-6-15-23(20)29-30-24-16-7-9-18-26(24)35-33(30)31-25-17-8-10-19-27(25)36-34(31)32(29)28-21(2)13-11-14-22(28)3/h4-5,7-13,16-19,22-23,35-36H,14H2,1-3H3. The number of rotatable bonds is 2. The van der Waals surface area contributed by atoms with E-state index in [0.717, 1.165) is 6.42 Å². The molecule has 0 bridgehead atoms. The summed E-state index contributed by atoms with van der Waals surface area (Å²) in [7, 11) is 0. The summed E-state index contributed by atoms with van der Waals surface area (Å²) >= 11 is 0. The van der Waals surface area contributed by atoms with Gasteiger partial charge in [0.2, 0.25) is 0 Å². The molecule has 0 saturated carbocycles. The van der Waals surface area contributed by atoms with E-state index in [4.69, 9.17) is 0 Å². The van der Waals surface area contributed by atoms with Crippen LogP contribution in [-0.4, -0.2) is 9.97 Å². The number of aromatic amines is 2. The molecule has 2 aliphatic carbocycles. The maximum atomic E-state index is 3.87. The molecule has 0 saturated heterocycles. The van der Waals surface area contributed by atoms with E-state index in [9.17, 15) is 0 Å². The highest BCUT2D eigenvalue weighted by Crippen LogP contribution is 2.49. The number of allylic oxidation sites excluding steroid dienone is 8. The average molecular weight is 465 g/mol. The summed E-state index contributed by atoms with van der Waals surface area (Å²) in [6, 6.07) is 17.4. The SMILES string of the molecule is CC1=CC=CC#CC1c1c(C2=C(C)C=CCC2C)c2[nH]c3ccccc3c2c2[nH]c3ccccc3c12. The Labute approximate surface area is 211 Å². The van der Waals surface area contributed by atoms with Crippen LogP contribution in [0.3, 0.4) is 0 Å². The molecular weight excluding hydrogens is 436 g/mol. The molecule has 0 aliphatic heterocycles. The van der Waals surface area contributed by atoms with Crippen LogP contribution in [-0.2, 0) is 0 Å². The number of benzene rings is 3. The molecule has 3 aromatic carbocycles. The van der Waals surface area contributed by atoms with Crippen molar-refractivity contribution in [2.24, 2.45) is 5.92 Å². The highest BCUT2D eigenvalue weighted by atomic mass is 14.8. The van der Waals surface area contributed by atoms with Gasteiger partial charge in [-0.15, -0.1) is 0 Å². The highest BCUT2D eigenvalue weighted by Gasteiger charge is 2.30. The Balaban J connectivity index is 1.80. The Kier molecular flexibility index (Phi) is 4.63. The number of nitrogens with one attached hydrogen (secondary N) is 2. The van der Waals surface area contributed by atoms with E-state index in [1.165, 1.54) is 71.5 Å². The zero-order chi connectivity index (χ0) is 24.4. The minimum absolute atomic E-state index is 0.00549. The molecule has 2 aliphatic rings. The van der Waals surface area contributed by atoms with Gasteiger partial charge in [-0.3, -0.25) is 0 Å². The maximum Gasteiger partial charge on any atom is 0.0679 e. The number of aromatic nitrogens is 2. The van der Waals surface area contributed by atoms with Gasteiger partial charge in [0.15, 0.2) is 0 Å². The Hall–Kier alpha value is -4.22. The Bertz CT molecular complexity index is 1900. The number of hydrogen-bond acceptors (Lipinski definition) is 0. The molecule has 0 radical (unpaired) electrons. The van der Waals surface area contributed by atoms with Crippen molar-refractivity contribution in [1.29, 1.82) is 0 Å². The lowest BCUT2D eigenvalue weighted by atomic mass is 9.76. The van der Waals surface area contributed by atoms with Crippen LogP contribution in [0.1, 0.15) is 44.2 Å². The highest BCUT2D eigenvalue weighted by molar-refractivity contribution is 6.28. The summed E-state index contributed by atoms with van der Waals surface area (Å²) in [5.41, 5.74) is 11.5. The first-order chi connectivity index (χ1) is 17.6. The molecule has 2 N–H and O–H groups in total. The van der Waals surface area contributed by atoms with Gasteiger partial charge in [-0.25, -0.2) is 0 Å². The third-order valence-corrected chi connectivity index (χ3v) is 8.01. The first-order valence-corrected chi connectivity index (χ1v) is 12.8. The average Bonchev–Trinajstić information content (AvgIpc) is 3.37. The summed E-state index contributed by atoms with van der Waals surface area (Å²) in [6.07, 6.45) is 11.9. The van der Waals surface area contributed by atoms with Crippen LogP contribution >= 0.6 is 0 Å². The van der Waals surface area contributed by atoms with E-state index in [1.54, 1.807) is 0 Å². The monoisotopic (exact) mass is 464 g/mol. The van der Waals surface area contributed by atoms with Crippen LogP contribution in [0.5, 0.6) is 0 Å². The number of para-hydroxylation sites is 2.